The Morgan fingerprint density at radius 3 is 2.95 bits per heavy atom. The molecule has 2 N–H and O–H groups in total. The van der Waals surface area contributed by atoms with E-state index < -0.39 is 0 Å². The van der Waals surface area contributed by atoms with E-state index in [1.54, 1.807) is 6.20 Å². The third-order valence-corrected chi connectivity index (χ3v) is 3.36. The first-order valence-corrected chi connectivity index (χ1v) is 6.49. The van der Waals surface area contributed by atoms with Crippen molar-refractivity contribution in [3.8, 4) is 11.5 Å². The van der Waals surface area contributed by atoms with Crippen LogP contribution in [0.1, 0.15) is 18.8 Å². The van der Waals surface area contributed by atoms with Crippen molar-refractivity contribution in [2.45, 2.75) is 13.0 Å². The van der Waals surface area contributed by atoms with E-state index in [-0.39, 0.29) is 12.8 Å². The van der Waals surface area contributed by atoms with Crippen LogP contribution in [0.25, 0.3) is 10.8 Å². The van der Waals surface area contributed by atoms with Gasteiger partial charge in [-0.25, -0.2) is 4.98 Å². The number of fused-ring (bicyclic) bond motifs is 2. The minimum absolute atomic E-state index is 0.118. The number of rotatable bonds is 3. The highest BCUT2D eigenvalue weighted by Crippen LogP contribution is 2.38. The maximum Gasteiger partial charge on any atom is 0.231 e. The summed E-state index contributed by atoms with van der Waals surface area (Å²) in [6.45, 7) is 2.19. The SMILES string of the molecule is CC(Nc1nccc2cc3c(cc12)OCO3)c1nn[nH]n1. The molecule has 21 heavy (non-hydrogen) atoms. The van der Waals surface area contributed by atoms with Crippen molar-refractivity contribution in [1.82, 2.24) is 25.6 Å². The van der Waals surface area contributed by atoms with Crippen LogP contribution < -0.4 is 14.8 Å². The molecule has 1 unspecified atom stereocenters. The number of ether oxygens (including phenoxy) is 2. The lowest BCUT2D eigenvalue weighted by molar-refractivity contribution is 0.174. The minimum Gasteiger partial charge on any atom is -0.454 e. The summed E-state index contributed by atoms with van der Waals surface area (Å²) in [4.78, 5) is 4.39. The first-order valence-electron chi connectivity index (χ1n) is 6.49. The summed E-state index contributed by atoms with van der Waals surface area (Å²) in [5, 5.41) is 19.2. The number of hydrogen-bond acceptors (Lipinski definition) is 7. The van der Waals surface area contributed by atoms with Crippen molar-refractivity contribution in [1.29, 1.82) is 0 Å². The molecule has 8 heteroatoms. The lowest BCUT2D eigenvalue weighted by atomic mass is 10.1. The zero-order valence-electron chi connectivity index (χ0n) is 11.2. The average molecular weight is 284 g/mol. The van der Waals surface area contributed by atoms with Crippen LogP contribution in [0.4, 0.5) is 5.82 Å². The molecule has 0 radical (unpaired) electrons. The number of aromatic amines is 1. The van der Waals surface area contributed by atoms with Gasteiger partial charge in [-0.15, -0.1) is 10.2 Å². The number of anilines is 1. The maximum atomic E-state index is 5.42. The van der Waals surface area contributed by atoms with Crippen LogP contribution >= 0.6 is 0 Å². The fourth-order valence-electron chi connectivity index (χ4n) is 2.30. The number of H-pyrrole nitrogens is 1. The molecule has 0 aliphatic carbocycles. The predicted molar refractivity (Wildman–Crippen MR) is 74.1 cm³/mol. The summed E-state index contributed by atoms with van der Waals surface area (Å²) in [6.07, 6.45) is 1.75. The lowest BCUT2D eigenvalue weighted by Crippen LogP contribution is -2.10. The number of pyridine rings is 1. The molecule has 2 aromatic heterocycles. The zero-order valence-corrected chi connectivity index (χ0v) is 11.2. The smallest absolute Gasteiger partial charge is 0.231 e. The lowest BCUT2D eigenvalue weighted by Gasteiger charge is -2.13. The molecule has 8 nitrogen and oxygen atoms in total. The third-order valence-electron chi connectivity index (χ3n) is 3.36. The molecule has 106 valence electrons. The van der Waals surface area contributed by atoms with Crippen molar-refractivity contribution < 1.29 is 9.47 Å². The molecule has 0 saturated carbocycles. The van der Waals surface area contributed by atoms with Crippen LogP contribution in [0, 0.1) is 0 Å². The standard InChI is InChI=1S/C13H12N6O2/c1-7(12-16-18-19-17-12)15-13-9-5-11-10(20-6-21-11)4-8(9)2-3-14-13/h2-5,7H,6H2,1H3,(H,14,15)(H,16,17,18,19). The molecule has 0 bridgehead atoms. The van der Waals surface area contributed by atoms with E-state index in [2.05, 4.69) is 30.9 Å². The number of nitrogens with one attached hydrogen (secondary N) is 2. The molecular weight excluding hydrogens is 272 g/mol. The van der Waals surface area contributed by atoms with Crippen molar-refractivity contribution in [3.63, 3.8) is 0 Å². The first kappa shape index (κ1) is 11.9. The highest BCUT2D eigenvalue weighted by molar-refractivity contribution is 5.94. The second-order valence-corrected chi connectivity index (χ2v) is 4.72. The largest absolute Gasteiger partial charge is 0.454 e. The van der Waals surface area contributed by atoms with Gasteiger partial charge in [-0.05, 0) is 30.5 Å². The Bertz CT molecular complexity index is 789. The summed E-state index contributed by atoms with van der Waals surface area (Å²) in [7, 11) is 0. The minimum atomic E-state index is -0.118. The van der Waals surface area contributed by atoms with E-state index in [9.17, 15) is 0 Å². The van der Waals surface area contributed by atoms with E-state index in [0.717, 1.165) is 28.1 Å². The molecule has 0 fully saturated rings. The molecule has 3 heterocycles. The number of aromatic nitrogens is 5. The van der Waals surface area contributed by atoms with Crippen molar-refractivity contribution in [2.24, 2.45) is 0 Å². The van der Waals surface area contributed by atoms with E-state index in [0.29, 0.717) is 5.82 Å². The van der Waals surface area contributed by atoms with Gasteiger partial charge in [0, 0.05) is 11.6 Å². The summed E-state index contributed by atoms with van der Waals surface area (Å²) >= 11 is 0. The van der Waals surface area contributed by atoms with Gasteiger partial charge in [0.05, 0.1) is 6.04 Å². The maximum absolute atomic E-state index is 5.42. The molecule has 1 atom stereocenters. The van der Waals surface area contributed by atoms with Crippen molar-refractivity contribution in [2.75, 3.05) is 12.1 Å². The number of benzene rings is 1. The van der Waals surface area contributed by atoms with Crippen LogP contribution in [0.2, 0.25) is 0 Å². The molecule has 1 aromatic carbocycles. The third kappa shape index (κ3) is 2.00. The van der Waals surface area contributed by atoms with Crippen LogP contribution in [-0.2, 0) is 0 Å². The van der Waals surface area contributed by atoms with Crippen LogP contribution in [0.5, 0.6) is 11.5 Å². The van der Waals surface area contributed by atoms with E-state index >= 15 is 0 Å². The Morgan fingerprint density at radius 2 is 2.14 bits per heavy atom. The molecule has 1 aliphatic rings. The second kappa shape index (κ2) is 4.58. The van der Waals surface area contributed by atoms with E-state index in [4.69, 9.17) is 9.47 Å². The normalized spacial score (nSPS) is 14.3. The summed E-state index contributed by atoms with van der Waals surface area (Å²) < 4.78 is 10.8. The van der Waals surface area contributed by atoms with Gasteiger partial charge in [0.15, 0.2) is 17.3 Å². The summed E-state index contributed by atoms with van der Waals surface area (Å²) in [5.41, 5.74) is 0. The Kier molecular flexibility index (Phi) is 2.59. The summed E-state index contributed by atoms with van der Waals surface area (Å²) in [5.74, 6) is 2.80. The molecule has 1 aliphatic heterocycles. The Hall–Kier alpha value is -2.90. The number of nitrogens with zero attached hydrogens (tertiary/aromatic N) is 4. The van der Waals surface area contributed by atoms with Gasteiger partial charge in [0.2, 0.25) is 6.79 Å². The van der Waals surface area contributed by atoms with E-state index in [1.807, 2.05) is 25.1 Å². The second-order valence-electron chi connectivity index (χ2n) is 4.72. The van der Waals surface area contributed by atoms with Crippen LogP contribution in [-0.4, -0.2) is 32.4 Å². The Labute approximate surface area is 119 Å². The number of tetrazole rings is 1. The quantitative estimate of drug-likeness (QED) is 0.754. The Morgan fingerprint density at radius 1 is 1.29 bits per heavy atom. The van der Waals surface area contributed by atoms with Gasteiger partial charge >= 0.3 is 0 Å². The van der Waals surface area contributed by atoms with Crippen molar-refractivity contribution in [3.05, 3.63) is 30.2 Å². The first-order chi connectivity index (χ1) is 10.3. The van der Waals surface area contributed by atoms with Gasteiger partial charge in [0.1, 0.15) is 5.82 Å². The van der Waals surface area contributed by atoms with Gasteiger partial charge in [-0.1, -0.05) is 5.21 Å². The Balaban J connectivity index is 1.75. The monoisotopic (exact) mass is 284 g/mol. The number of hydrogen-bond donors (Lipinski definition) is 2. The molecule has 0 saturated heterocycles. The topological polar surface area (TPSA) is 97.8 Å². The fourth-order valence-corrected chi connectivity index (χ4v) is 2.30. The predicted octanol–water partition coefficient (Wildman–Crippen LogP) is 1.65. The van der Waals surface area contributed by atoms with Gasteiger partial charge in [0.25, 0.3) is 0 Å². The zero-order chi connectivity index (χ0) is 14.2. The van der Waals surface area contributed by atoms with Gasteiger partial charge in [-0.3, -0.25) is 0 Å². The molecule has 0 spiro atoms. The molecule has 0 amide bonds. The molecular formula is C13H12N6O2. The van der Waals surface area contributed by atoms with Gasteiger partial charge in [-0.2, -0.15) is 5.21 Å². The van der Waals surface area contributed by atoms with Crippen LogP contribution in [0.3, 0.4) is 0 Å². The van der Waals surface area contributed by atoms with Gasteiger partial charge < -0.3 is 14.8 Å². The average Bonchev–Trinajstić information content (AvgIpc) is 3.16. The highest BCUT2D eigenvalue weighted by atomic mass is 16.7. The van der Waals surface area contributed by atoms with E-state index in [1.165, 1.54) is 0 Å². The van der Waals surface area contributed by atoms with Crippen molar-refractivity contribution >= 4 is 16.6 Å². The molecule has 4 rings (SSSR count). The van der Waals surface area contributed by atoms with Crippen LogP contribution in [0.15, 0.2) is 24.4 Å². The summed E-state index contributed by atoms with van der Waals surface area (Å²) in [6, 6.07) is 5.69. The highest BCUT2D eigenvalue weighted by Gasteiger charge is 2.17. The fraction of sp³-hybridized carbons (Fsp3) is 0.231. The molecule has 3 aromatic rings.